The monoisotopic (exact) mass is 560 g/mol. The fourth-order valence-electron chi connectivity index (χ4n) is 5.35. The van der Waals surface area contributed by atoms with Crippen LogP contribution in [0.1, 0.15) is 43.7 Å². The van der Waals surface area contributed by atoms with Crippen molar-refractivity contribution in [2.24, 2.45) is 0 Å². The van der Waals surface area contributed by atoms with E-state index < -0.39 is 10.0 Å². The lowest BCUT2D eigenvalue weighted by molar-refractivity contribution is 0.370. The van der Waals surface area contributed by atoms with Crippen LogP contribution in [0.4, 0.5) is 11.8 Å². The molecule has 40 heavy (non-hydrogen) atoms. The highest BCUT2D eigenvalue weighted by Crippen LogP contribution is 2.34. The van der Waals surface area contributed by atoms with Crippen molar-refractivity contribution in [1.29, 1.82) is 0 Å². The minimum atomic E-state index is -3.80. The summed E-state index contributed by atoms with van der Waals surface area (Å²) in [6, 6.07) is 15.4. The third kappa shape index (κ3) is 5.88. The number of pyridine rings is 1. The molecule has 1 aliphatic rings. The van der Waals surface area contributed by atoms with Crippen LogP contribution in [-0.4, -0.2) is 49.6 Å². The van der Waals surface area contributed by atoms with E-state index in [1.165, 1.54) is 7.11 Å². The summed E-state index contributed by atoms with van der Waals surface area (Å²) in [4.78, 5) is 14.2. The summed E-state index contributed by atoms with van der Waals surface area (Å²) in [7, 11) is -0.245. The van der Waals surface area contributed by atoms with E-state index in [0.717, 1.165) is 59.7 Å². The molecule has 0 amide bonds. The van der Waals surface area contributed by atoms with Crippen LogP contribution in [0.2, 0.25) is 0 Å². The van der Waals surface area contributed by atoms with E-state index in [2.05, 4.69) is 38.3 Å². The van der Waals surface area contributed by atoms with Crippen LogP contribution < -0.4 is 20.1 Å². The fourth-order valence-corrected chi connectivity index (χ4v) is 6.59. The van der Waals surface area contributed by atoms with Gasteiger partial charge in [0, 0.05) is 29.2 Å². The summed E-state index contributed by atoms with van der Waals surface area (Å²) in [5.41, 5.74) is 4.31. The number of ether oxygens (including phenoxy) is 1. The first-order valence-corrected chi connectivity index (χ1v) is 15.2. The zero-order valence-corrected chi connectivity index (χ0v) is 24.2. The fraction of sp³-hybridized carbons (Fsp3) is 0.367. The Kier molecular flexibility index (Phi) is 8.18. The Labute approximate surface area is 235 Å². The summed E-state index contributed by atoms with van der Waals surface area (Å²) in [5.74, 6) is 1.17. The van der Waals surface area contributed by atoms with E-state index in [0.29, 0.717) is 29.5 Å². The highest BCUT2D eigenvalue weighted by Gasteiger charge is 2.22. The number of sulfonamides is 1. The van der Waals surface area contributed by atoms with E-state index >= 15 is 0 Å². The number of fused-ring (bicyclic) bond motifs is 1. The van der Waals surface area contributed by atoms with Gasteiger partial charge in [0.15, 0.2) is 0 Å². The van der Waals surface area contributed by atoms with Gasteiger partial charge < -0.3 is 15.4 Å². The maximum atomic E-state index is 13.0. The van der Waals surface area contributed by atoms with Gasteiger partial charge in [-0.1, -0.05) is 25.1 Å². The maximum absolute atomic E-state index is 13.0. The molecule has 9 nitrogen and oxygen atoms in total. The first-order valence-electron chi connectivity index (χ1n) is 13.7. The van der Waals surface area contributed by atoms with Crippen LogP contribution in [0.25, 0.3) is 22.0 Å². The third-order valence-corrected chi connectivity index (χ3v) is 9.11. The number of aromatic nitrogens is 3. The van der Waals surface area contributed by atoms with Crippen molar-refractivity contribution in [1.82, 2.24) is 20.3 Å². The predicted octanol–water partition coefficient (Wildman–Crippen LogP) is 5.31. The Bertz CT molecular complexity index is 1620. The molecule has 0 radical (unpaired) electrons. The molecule has 0 atom stereocenters. The van der Waals surface area contributed by atoms with Crippen LogP contribution in [0, 0.1) is 6.92 Å². The number of nitrogens with one attached hydrogen (secondary N) is 3. The molecule has 210 valence electrons. The van der Waals surface area contributed by atoms with Gasteiger partial charge in [-0.25, -0.2) is 18.4 Å². The predicted molar refractivity (Wildman–Crippen MR) is 159 cm³/mol. The van der Waals surface area contributed by atoms with Crippen LogP contribution in [-0.2, 0) is 16.4 Å². The first-order chi connectivity index (χ1) is 19.3. The third-order valence-electron chi connectivity index (χ3n) is 7.60. The molecule has 0 aliphatic heterocycles. The Morgan fingerprint density at radius 2 is 1.75 bits per heavy atom. The Balaban J connectivity index is 1.42. The van der Waals surface area contributed by atoms with Gasteiger partial charge in [0.25, 0.3) is 10.0 Å². The molecule has 0 unspecified atom stereocenters. The summed E-state index contributed by atoms with van der Waals surface area (Å²) in [5, 5.41) is 7.83. The summed E-state index contributed by atoms with van der Waals surface area (Å²) in [6.07, 6.45) is 7.13. The van der Waals surface area contributed by atoms with E-state index in [-0.39, 0.29) is 10.7 Å². The van der Waals surface area contributed by atoms with Gasteiger partial charge in [-0.2, -0.15) is 4.98 Å². The molecule has 2 aromatic heterocycles. The van der Waals surface area contributed by atoms with Crippen molar-refractivity contribution in [2.45, 2.75) is 62.9 Å². The second kappa shape index (κ2) is 11.8. The topological polar surface area (TPSA) is 118 Å². The number of nitrogens with zero attached hydrogens (tertiary/aromatic N) is 3. The molecule has 4 aromatic rings. The summed E-state index contributed by atoms with van der Waals surface area (Å²) in [6.45, 7) is 3.86. The van der Waals surface area contributed by atoms with Gasteiger partial charge in [-0.05, 0) is 93.1 Å². The normalized spacial score (nSPS) is 17.5. The largest absolute Gasteiger partial charge is 0.480 e. The van der Waals surface area contributed by atoms with Crippen molar-refractivity contribution in [3.63, 3.8) is 0 Å². The molecule has 1 aliphatic carbocycles. The second-order valence-corrected chi connectivity index (χ2v) is 11.9. The smallest absolute Gasteiger partial charge is 0.263 e. The molecule has 2 aromatic carbocycles. The van der Waals surface area contributed by atoms with E-state index in [1.807, 2.05) is 25.4 Å². The van der Waals surface area contributed by atoms with Gasteiger partial charge >= 0.3 is 0 Å². The summed E-state index contributed by atoms with van der Waals surface area (Å²) < 4.78 is 34.1. The quantitative estimate of drug-likeness (QED) is 0.252. The van der Waals surface area contributed by atoms with Gasteiger partial charge in [-0.3, -0.25) is 4.72 Å². The molecule has 1 saturated carbocycles. The van der Waals surface area contributed by atoms with Gasteiger partial charge in [0.05, 0.1) is 17.5 Å². The minimum Gasteiger partial charge on any atom is -0.480 e. The Morgan fingerprint density at radius 1 is 1.00 bits per heavy atom. The molecule has 5 rings (SSSR count). The van der Waals surface area contributed by atoms with Crippen molar-refractivity contribution in [3.05, 3.63) is 65.9 Å². The Morgan fingerprint density at radius 3 is 2.45 bits per heavy atom. The van der Waals surface area contributed by atoms with Crippen LogP contribution >= 0.6 is 0 Å². The van der Waals surface area contributed by atoms with Crippen molar-refractivity contribution < 1.29 is 13.2 Å². The lowest BCUT2D eigenvalue weighted by atomic mass is 9.91. The Hall–Kier alpha value is -3.76. The molecule has 10 heteroatoms. The second-order valence-electron chi connectivity index (χ2n) is 10.2. The number of methoxy groups -OCH3 is 1. The van der Waals surface area contributed by atoms with E-state index in [9.17, 15) is 8.42 Å². The van der Waals surface area contributed by atoms with Gasteiger partial charge in [0.2, 0.25) is 11.8 Å². The van der Waals surface area contributed by atoms with Crippen LogP contribution in [0.5, 0.6) is 5.88 Å². The average molecular weight is 561 g/mol. The van der Waals surface area contributed by atoms with Crippen molar-refractivity contribution in [3.8, 4) is 17.0 Å². The highest BCUT2D eigenvalue weighted by molar-refractivity contribution is 7.92. The number of rotatable bonds is 9. The maximum Gasteiger partial charge on any atom is 0.263 e. The number of benzene rings is 2. The highest BCUT2D eigenvalue weighted by atomic mass is 32.2. The van der Waals surface area contributed by atoms with Gasteiger partial charge in [-0.15, -0.1) is 0 Å². The molecule has 0 spiro atoms. The molecule has 0 saturated heterocycles. The molecule has 2 heterocycles. The average Bonchev–Trinajstić information content (AvgIpc) is 2.97. The lowest BCUT2D eigenvalue weighted by Gasteiger charge is -2.28. The number of hydrogen-bond acceptors (Lipinski definition) is 8. The number of anilines is 2. The lowest BCUT2D eigenvalue weighted by Crippen LogP contribution is -2.35. The molecule has 3 N–H and O–H groups in total. The molecular formula is C30H36N6O3S. The minimum absolute atomic E-state index is 0.183. The van der Waals surface area contributed by atoms with E-state index in [1.54, 1.807) is 37.3 Å². The molecule has 0 bridgehead atoms. The van der Waals surface area contributed by atoms with Gasteiger partial charge in [0.1, 0.15) is 5.82 Å². The van der Waals surface area contributed by atoms with Crippen molar-refractivity contribution >= 4 is 32.7 Å². The van der Waals surface area contributed by atoms with E-state index in [4.69, 9.17) is 9.72 Å². The molecular weight excluding hydrogens is 524 g/mol. The molecule has 1 fully saturated rings. The number of aryl methyl sites for hydroxylation is 2. The van der Waals surface area contributed by atoms with Crippen molar-refractivity contribution in [2.75, 3.05) is 24.2 Å². The number of hydrogen-bond donors (Lipinski definition) is 3. The standard InChI is InChI=1S/C30H36N6O3S/c1-5-20-16-21(17-22-18-32-30(35-28(20)22)33-24-12-10-23(31-3)11-13-24)25-14-15-27(34-29(25)39-4)36-40(37,38)26-9-7-6-8-19(26)2/h6-9,14-18,23-24,31H,5,10-13H2,1-4H3,(H,34,36)(H,32,33,35)/t23-,24-. The van der Waals surface area contributed by atoms with Crippen LogP contribution in [0.15, 0.2) is 59.6 Å². The summed E-state index contributed by atoms with van der Waals surface area (Å²) >= 11 is 0. The SMILES string of the molecule is CCc1cc(-c2ccc(NS(=O)(=O)c3ccccc3C)nc2OC)cc2cnc(N[C@H]3CC[C@H](NC)CC3)nc12. The zero-order chi connectivity index (χ0) is 28.3. The van der Waals surface area contributed by atoms with Crippen LogP contribution in [0.3, 0.4) is 0 Å². The first kappa shape index (κ1) is 27.8. The zero-order valence-electron chi connectivity index (χ0n) is 23.4.